The third kappa shape index (κ3) is 42.5. The van der Waals surface area contributed by atoms with Crippen molar-refractivity contribution in [3.05, 3.63) is 0 Å². The van der Waals surface area contributed by atoms with Crippen molar-refractivity contribution < 1.29 is 148 Å². The van der Waals surface area contributed by atoms with E-state index in [0.29, 0.717) is 25.7 Å². The van der Waals surface area contributed by atoms with Gasteiger partial charge in [-0.2, -0.15) is 0 Å². The first kappa shape index (κ1) is 103. The minimum Gasteiger partial charge on any atom is -0.463 e. The molecule has 0 saturated carbocycles. The average molecular weight is 1660 g/mol. The third-order valence-electron chi connectivity index (χ3n) is 19.9. The van der Waals surface area contributed by atoms with Crippen molar-refractivity contribution in [2.45, 2.75) is 439 Å². The standard InChI is InChI=1S/C84H139NO31/c1-16-18-20-22-24-26-28-30-31-32-33-34-35-37-39-41-43-45-47-49-68(104-57(7)89)81(98)85-66(72(106-59(9)91)67(103-56(6)88)48-46-44-42-40-38-36-29-27-25-23-21-19-17-2)50-101-82-78(110-63(13)95)77(116-83-79(111-64(14)96)75(108-61(11)93)71(53(3)102-83)105-58(8)90)74(70(113-82)52-100-55(5)87)115-84-80(112-65(15)97)76(109-62(12)94)73(107-60(10)92)69(114-84)51-99-54(4)86/h53,66-80,82-84H,16-52H2,1-15H3,(H,85,98)/t53-,66-,67+,68+,69+,70+,71+,72-,73-,74+,75+,76-,77-,78+,79-,80+,82+,83-,84-/m0/s1. The second-order valence-corrected chi connectivity index (χ2v) is 30.6. The van der Waals surface area contributed by atoms with Crippen molar-refractivity contribution in [1.82, 2.24) is 5.32 Å². The number of rotatable bonds is 59. The van der Waals surface area contributed by atoms with Crippen LogP contribution in [-0.2, 0) is 148 Å². The Balaban J connectivity index is 2.31. The lowest BCUT2D eigenvalue weighted by Gasteiger charge is -2.50. The predicted octanol–water partition coefficient (Wildman–Crippen LogP) is 12.2. The van der Waals surface area contributed by atoms with E-state index < -0.39 is 214 Å². The number of hydrogen-bond donors (Lipinski definition) is 1. The maximum atomic E-state index is 15.1. The SMILES string of the molecule is CCCCCCCCCCCCCCCCCCCCC[C@@H](OC(C)=O)C(=O)N[C@@H](CO[C@@H]1O[C@H](COC(C)=O)[C@@H](O[C@@H]2O[C@H](COC(C)=O)[C@H](OC(C)=O)[C@H](OC(C)=O)[C@H]2OC(C)=O)[C@H](O[C@@H]2O[C@@H](C)[C@@H](OC(C)=O)[C@@H](OC(C)=O)[C@@H]2OC(C)=O)[C@H]1OC(C)=O)[C@H](OC(C)=O)[C@@H](CCCCCCCCCCCCCCC)OC(C)=O. The number of unbranched alkanes of at least 4 members (excludes halogenated alkanes) is 30. The van der Waals surface area contributed by atoms with Gasteiger partial charge in [0.2, 0.25) is 0 Å². The minimum absolute atomic E-state index is 0.0383. The van der Waals surface area contributed by atoms with Gasteiger partial charge in [0, 0.05) is 83.1 Å². The summed E-state index contributed by atoms with van der Waals surface area (Å²) in [5.74, 6) is -12.3. The predicted molar refractivity (Wildman–Crippen MR) is 416 cm³/mol. The van der Waals surface area contributed by atoms with Crippen LogP contribution in [0, 0.1) is 0 Å². The summed E-state index contributed by atoms with van der Waals surface area (Å²) in [6.45, 7) is 15.7. The number of nitrogens with one attached hydrogen (secondary N) is 1. The molecule has 0 aromatic rings. The first-order chi connectivity index (χ1) is 55.3. The third-order valence-corrected chi connectivity index (χ3v) is 19.9. The molecule has 0 aromatic carbocycles. The number of carbonyl (C=O) groups excluding carboxylic acids is 13. The molecule has 0 spiro atoms. The summed E-state index contributed by atoms with van der Waals surface area (Å²) >= 11 is 0. The molecular formula is C84H139NO31. The Morgan fingerprint density at radius 2 is 0.612 bits per heavy atom. The molecule has 3 rings (SSSR count). The van der Waals surface area contributed by atoms with E-state index in [4.69, 9.17) is 85.3 Å². The molecule has 3 fully saturated rings. The molecule has 3 aliphatic rings. The highest BCUT2D eigenvalue weighted by Gasteiger charge is 2.60. The smallest absolute Gasteiger partial charge is 0.303 e. The van der Waals surface area contributed by atoms with Crippen LogP contribution in [0.4, 0.5) is 0 Å². The molecule has 3 aliphatic heterocycles. The van der Waals surface area contributed by atoms with Crippen molar-refractivity contribution in [1.29, 1.82) is 0 Å². The zero-order valence-electron chi connectivity index (χ0n) is 71.8. The van der Waals surface area contributed by atoms with Crippen LogP contribution >= 0.6 is 0 Å². The van der Waals surface area contributed by atoms with Crippen LogP contribution in [0.5, 0.6) is 0 Å². The Morgan fingerprint density at radius 1 is 0.302 bits per heavy atom. The first-order valence-corrected chi connectivity index (χ1v) is 42.4. The Hall–Kier alpha value is -7.13. The highest BCUT2D eigenvalue weighted by Crippen LogP contribution is 2.39. The number of hydrogen-bond acceptors (Lipinski definition) is 31. The first-order valence-electron chi connectivity index (χ1n) is 42.4. The second kappa shape index (κ2) is 58.7. The minimum atomic E-state index is -2.13. The highest BCUT2D eigenvalue weighted by molar-refractivity contribution is 5.83. The molecule has 1 N–H and O–H groups in total. The van der Waals surface area contributed by atoms with Crippen LogP contribution in [0.1, 0.15) is 322 Å². The van der Waals surface area contributed by atoms with Crippen LogP contribution < -0.4 is 5.32 Å². The summed E-state index contributed by atoms with van der Waals surface area (Å²) in [5.41, 5.74) is 0. The van der Waals surface area contributed by atoms with Crippen molar-refractivity contribution in [2.75, 3.05) is 19.8 Å². The summed E-state index contributed by atoms with van der Waals surface area (Å²) in [6, 6.07) is -1.63. The molecule has 32 heteroatoms. The van der Waals surface area contributed by atoms with E-state index in [9.17, 15) is 57.5 Å². The lowest BCUT2D eigenvalue weighted by molar-refractivity contribution is -0.386. The van der Waals surface area contributed by atoms with E-state index >= 15 is 4.79 Å². The monoisotopic (exact) mass is 1660 g/mol. The number of carbonyl (C=O) groups is 13. The lowest BCUT2D eigenvalue weighted by atomic mass is 9.95. The van der Waals surface area contributed by atoms with Crippen LogP contribution in [0.3, 0.4) is 0 Å². The summed E-state index contributed by atoms with van der Waals surface area (Å²) < 4.78 is 109. The van der Waals surface area contributed by atoms with Crippen molar-refractivity contribution in [3.63, 3.8) is 0 Å². The zero-order valence-corrected chi connectivity index (χ0v) is 71.8. The maximum Gasteiger partial charge on any atom is 0.303 e. The zero-order chi connectivity index (χ0) is 86.1. The molecule has 0 bridgehead atoms. The molecule has 1 amide bonds. The molecular weight excluding hydrogens is 1520 g/mol. The van der Waals surface area contributed by atoms with E-state index in [1.54, 1.807) is 0 Å². The van der Waals surface area contributed by atoms with Gasteiger partial charge in [-0.1, -0.05) is 206 Å². The number of esters is 12. The van der Waals surface area contributed by atoms with Gasteiger partial charge >= 0.3 is 71.6 Å². The highest BCUT2D eigenvalue weighted by atomic mass is 16.8. The van der Waals surface area contributed by atoms with Crippen LogP contribution in [0.2, 0.25) is 0 Å². The largest absolute Gasteiger partial charge is 0.463 e. The normalized spacial score (nSPS) is 24.1. The van der Waals surface area contributed by atoms with Gasteiger partial charge in [-0.15, -0.1) is 0 Å². The Morgan fingerprint density at radius 3 is 0.991 bits per heavy atom. The summed E-state index contributed by atoms with van der Waals surface area (Å²) in [6.07, 6.45) is 2.27. The molecule has 0 unspecified atom stereocenters. The van der Waals surface area contributed by atoms with Crippen molar-refractivity contribution in [3.8, 4) is 0 Å². The van der Waals surface area contributed by atoms with E-state index in [1.807, 2.05) is 0 Å². The Labute approximate surface area is 686 Å². The van der Waals surface area contributed by atoms with Gasteiger partial charge in [-0.25, -0.2) is 0 Å². The molecule has 116 heavy (non-hydrogen) atoms. The summed E-state index contributed by atoms with van der Waals surface area (Å²) in [4.78, 5) is 173. The van der Waals surface area contributed by atoms with Crippen molar-refractivity contribution in [2.24, 2.45) is 0 Å². The lowest BCUT2D eigenvalue weighted by Crippen LogP contribution is -2.69. The molecule has 0 aliphatic carbocycles. The maximum absolute atomic E-state index is 15.1. The van der Waals surface area contributed by atoms with Gasteiger partial charge in [0.05, 0.1) is 18.8 Å². The van der Waals surface area contributed by atoms with Gasteiger partial charge in [-0.3, -0.25) is 62.3 Å². The summed E-state index contributed by atoms with van der Waals surface area (Å²) in [5, 5.41) is 2.87. The molecule has 0 radical (unpaired) electrons. The molecule has 666 valence electrons. The van der Waals surface area contributed by atoms with E-state index in [0.717, 1.165) is 154 Å². The van der Waals surface area contributed by atoms with Crippen molar-refractivity contribution >= 4 is 77.5 Å². The molecule has 0 aromatic heterocycles. The van der Waals surface area contributed by atoms with Crippen LogP contribution in [0.25, 0.3) is 0 Å². The van der Waals surface area contributed by atoms with E-state index in [1.165, 1.54) is 116 Å². The molecule has 3 saturated heterocycles. The number of ether oxygens (including phenoxy) is 18. The quantitative estimate of drug-likeness (QED) is 0.0336. The molecule has 19 atom stereocenters. The fraction of sp³-hybridized carbons (Fsp3) is 0.845. The second-order valence-electron chi connectivity index (χ2n) is 30.6. The Bertz CT molecular complexity index is 2950. The van der Waals surface area contributed by atoms with E-state index in [2.05, 4.69) is 19.2 Å². The fourth-order valence-corrected chi connectivity index (χ4v) is 14.7. The van der Waals surface area contributed by atoms with Gasteiger partial charge in [0.1, 0.15) is 43.7 Å². The van der Waals surface area contributed by atoms with Crippen LogP contribution in [-0.4, -0.2) is 214 Å². The molecule has 32 nitrogen and oxygen atoms in total. The average Bonchev–Trinajstić information content (AvgIpc) is 0.758. The summed E-state index contributed by atoms with van der Waals surface area (Å²) in [7, 11) is 0. The fourth-order valence-electron chi connectivity index (χ4n) is 14.7. The topological polar surface area (TPSA) is 400 Å². The van der Waals surface area contributed by atoms with Gasteiger partial charge < -0.3 is 90.6 Å². The Kier molecular flexibility index (Phi) is 52.2. The number of amides is 1. The molecule has 3 heterocycles. The van der Waals surface area contributed by atoms with Gasteiger partial charge in [0.15, 0.2) is 73.8 Å². The van der Waals surface area contributed by atoms with Gasteiger partial charge in [-0.05, 0) is 32.6 Å². The van der Waals surface area contributed by atoms with Crippen LogP contribution in [0.15, 0.2) is 0 Å². The van der Waals surface area contributed by atoms with E-state index in [-0.39, 0.29) is 12.8 Å². The van der Waals surface area contributed by atoms with Gasteiger partial charge in [0.25, 0.3) is 5.91 Å².